The lowest BCUT2D eigenvalue weighted by Gasteiger charge is -2.16. The van der Waals surface area contributed by atoms with Crippen molar-refractivity contribution in [2.75, 3.05) is 0 Å². The zero-order valence-corrected chi connectivity index (χ0v) is 19.9. The third-order valence-electron chi connectivity index (χ3n) is 7.46. The van der Waals surface area contributed by atoms with Gasteiger partial charge >= 0.3 is 0 Å². The third kappa shape index (κ3) is 3.06. The standard InChI is InChI=1S/C33H22N4/c1-2-7-30-26(4-1)27-14-17-36-33(32(27)37-30)31-24(20-8-10-28-22(18-20)12-15-34-28)5-3-6-25(31)21-9-11-29-23(19-21)13-16-35-29/h1-19,34-35,37H. The minimum atomic E-state index is 0.961. The van der Waals surface area contributed by atoms with Gasteiger partial charge < -0.3 is 15.0 Å². The van der Waals surface area contributed by atoms with Crippen LogP contribution >= 0.6 is 0 Å². The van der Waals surface area contributed by atoms with Crippen molar-refractivity contribution in [2.24, 2.45) is 0 Å². The minimum Gasteiger partial charge on any atom is -0.361 e. The highest BCUT2D eigenvalue weighted by Gasteiger charge is 2.20. The maximum absolute atomic E-state index is 5.01. The fraction of sp³-hybridized carbons (Fsp3) is 0. The third-order valence-corrected chi connectivity index (χ3v) is 7.46. The molecule has 0 saturated heterocycles. The first-order chi connectivity index (χ1) is 18.3. The molecule has 0 saturated carbocycles. The number of nitrogens with one attached hydrogen (secondary N) is 3. The van der Waals surface area contributed by atoms with Crippen molar-refractivity contribution < 1.29 is 0 Å². The van der Waals surface area contributed by atoms with Crippen LogP contribution in [0.1, 0.15) is 0 Å². The number of pyridine rings is 1. The monoisotopic (exact) mass is 474 g/mol. The summed E-state index contributed by atoms with van der Waals surface area (Å²) in [6, 6.07) is 34.6. The molecule has 4 aromatic carbocycles. The molecule has 4 aromatic heterocycles. The molecule has 0 aliphatic rings. The van der Waals surface area contributed by atoms with Crippen molar-refractivity contribution in [1.29, 1.82) is 0 Å². The molecule has 4 nitrogen and oxygen atoms in total. The fourth-order valence-corrected chi connectivity index (χ4v) is 5.69. The molecule has 0 fully saturated rings. The van der Waals surface area contributed by atoms with Gasteiger partial charge in [0.05, 0.1) is 11.2 Å². The number of hydrogen-bond acceptors (Lipinski definition) is 1. The van der Waals surface area contributed by atoms with E-state index < -0.39 is 0 Å². The average Bonchev–Trinajstić information content (AvgIpc) is 3.69. The number of fused-ring (bicyclic) bond motifs is 5. The van der Waals surface area contributed by atoms with Gasteiger partial charge in [0.1, 0.15) is 0 Å². The summed E-state index contributed by atoms with van der Waals surface area (Å²) in [5, 5.41) is 4.78. The highest BCUT2D eigenvalue weighted by molar-refractivity contribution is 6.13. The quantitative estimate of drug-likeness (QED) is 0.236. The van der Waals surface area contributed by atoms with Crippen molar-refractivity contribution in [3.05, 3.63) is 116 Å². The first-order valence-corrected chi connectivity index (χ1v) is 12.5. The predicted octanol–water partition coefficient (Wildman–Crippen LogP) is 8.68. The topological polar surface area (TPSA) is 60.3 Å². The van der Waals surface area contributed by atoms with E-state index in [1.807, 2.05) is 18.6 Å². The van der Waals surface area contributed by atoms with E-state index in [4.69, 9.17) is 4.98 Å². The maximum Gasteiger partial charge on any atom is 0.0955 e. The van der Waals surface area contributed by atoms with Gasteiger partial charge in [0.15, 0.2) is 0 Å². The smallest absolute Gasteiger partial charge is 0.0955 e. The van der Waals surface area contributed by atoms with Gasteiger partial charge in [0.2, 0.25) is 0 Å². The Hall–Kier alpha value is -5.09. The highest BCUT2D eigenvalue weighted by Crippen LogP contribution is 2.43. The van der Waals surface area contributed by atoms with Gasteiger partial charge in [0, 0.05) is 51.5 Å². The fourth-order valence-electron chi connectivity index (χ4n) is 5.69. The van der Waals surface area contributed by atoms with Crippen molar-refractivity contribution in [3.8, 4) is 33.5 Å². The van der Waals surface area contributed by atoms with Gasteiger partial charge in [-0.1, -0.05) is 48.5 Å². The summed E-state index contributed by atoms with van der Waals surface area (Å²) in [6.45, 7) is 0. The zero-order valence-electron chi connectivity index (χ0n) is 19.9. The Bertz CT molecular complexity index is 2010. The summed E-state index contributed by atoms with van der Waals surface area (Å²) >= 11 is 0. The second-order valence-electron chi connectivity index (χ2n) is 9.54. The van der Waals surface area contributed by atoms with Crippen molar-refractivity contribution in [1.82, 2.24) is 19.9 Å². The van der Waals surface area contributed by atoms with Crippen LogP contribution in [0.4, 0.5) is 0 Å². The van der Waals surface area contributed by atoms with Gasteiger partial charge in [-0.05, 0) is 81.6 Å². The second kappa shape index (κ2) is 7.70. The molecule has 0 atom stereocenters. The molecule has 0 bridgehead atoms. The van der Waals surface area contributed by atoms with Crippen LogP contribution in [-0.4, -0.2) is 19.9 Å². The van der Waals surface area contributed by atoms with Crippen molar-refractivity contribution in [2.45, 2.75) is 0 Å². The number of aromatic amines is 3. The molecule has 174 valence electrons. The number of benzene rings is 4. The van der Waals surface area contributed by atoms with E-state index in [0.717, 1.165) is 44.5 Å². The molecule has 0 amide bonds. The second-order valence-corrected chi connectivity index (χ2v) is 9.54. The van der Waals surface area contributed by atoms with Crippen LogP contribution in [-0.2, 0) is 0 Å². The van der Waals surface area contributed by atoms with E-state index in [2.05, 4.69) is 112 Å². The van der Waals surface area contributed by atoms with E-state index in [1.54, 1.807) is 0 Å². The molecule has 0 radical (unpaired) electrons. The van der Waals surface area contributed by atoms with Crippen LogP contribution in [0.25, 0.3) is 77.1 Å². The number of rotatable bonds is 3. The molecular formula is C33H22N4. The number of hydrogen-bond donors (Lipinski definition) is 3. The molecule has 4 heteroatoms. The summed E-state index contributed by atoms with van der Waals surface area (Å²) in [5.41, 5.74) is 11.2. The van der Waals surface area contributed by atoms with E-state index >= 15 is 0 Å². The predicted molar refractivity (Wildman–Crippen MR) is 154 cm³/mol. The van der Waals surface area contributed by atoms with Crippen molar-refractivity contribution >= 4 is 43.6 Å². The Labute approximate surface area is 212 Å². The first kappa shape index (κ1) is 20.1. The van der Waals surface area contributed by atoms with Crippen LogP contribution < -0.4 is 0 Å². The summed E-state index contributed by atoms with van der Waals surface area (Å²) < 4.78 is 0. The molecule has 8 aromatic rings. The van der Waals surface area contributed by atoms with E-state index in [1.165, 1.54) is 32.7 Å². The zero-order chi connectivity index (χ0) is 24.3. The highest BCUT2D eigenvalue weighted by atomic mass is 14.8. The molecule has 0 spiro atoms. The SMILES string of the molecule is c1cc(-c2ccc3[nH]ccc3c2)c(-c2nccc3c2[nH]c2ccccc23)c(-c2ccc3[nH]ccc3c2)c1. The number of aromatic nitrogens is 4. The Morgan fingerprint density at radius 1 is 0.541 bits per heavy atom. The largest absolute Gasteiger partial charge is 0.361 e. The molecular weight excluding hydrogens is 452 g/mol. The van der Waals surface area contributed by atoms with Crippen LogP contribution in [0.15, 0.2) is 116 Å². The number of nitrogens with zero attached hydrogens (tertiary/aromatic N) is 1. The summed E-state index contributed by atoms with van der Waals surface area (Å²) in [6.07, 6.45) is 5.92. The van der Waals surface area contributed by atoms with E-state index in [-0.39, 0.29) is 0 Å². The van der Waals surface area contributed by atoms with Crippen LogP contribution in [0, 0.1) is 0 Å². The summed E-state index contributed by atoms with van der Waals surface area (Å²) in [4.78, 5) is 15.3. The Morgan fingerprint density at radius 3 is 1.92 bits per heavy atom. The summed E-state index contributed by atoms with van der Waals surface area (Å²) in [5.74, 6) is 0. The summed E-state index contributed by atoms with van der Waals surface area (Å²) in [7, 11) is 0. The number of para-hydroxylation sites is 1. The molecule has 8 rings (SSSR count). The molecule has 37 heavy (non-hydrogen) atoms. The lowest BCUT2D eigenvalue weighted by Crippen LogP contribution is -1.94. The lowest BCUT2D eigenvalue weighted by molar-refractivity contribution is 1.34. The van der Waals surface area contributed by atoms with Gasteiger partial charge in [-0.15, -0.1) is 0 Å². The van der Waals surface area contributed by atoms with Crippen LogP contribution in [0.2, 0.25) is 0 Å². The van der Waals surface area contributed by atoms with Gasteiger partial charge in [-0.25, -0.2) is 0 Å². The van der Waals surface area contributed by atoms with E-state index in [0.29, 0.717) is 0 Å². The molecule has 0 aliphatic heterocycles. The Balaban J connectivity index is 1.48. The molecule has 3 N–H and O–H groups in total. The van der Waals surface area contributed by atoms with Gasteiger partial charge in [-0.2, -0.15) is 0 Å². The molecule has 0 aliphatic carbocycles. The maximum atomic E-state index is 5.01. The minimum absolute atomic E-state index is 0.961. The Kier molecular flexibility index (Phi) is 4.19. The number of H-pyrrole nitrogens is 3. The average molecular weight is 475 g/mol. The van der Waals surface area contributed by atoms with Gasteiger partial charge in [0.25, 0.3) is 0 Å². The van der Waals surface area contributed by atoms with E-state index in [9.17, 15) is 0 Å². The normalized spacial score (nSPS) is 11.8. The van der Waals surface area contributed by atoms with Crippen LogP contribution in [0.5, 0.6) is 0 Å². The molecule has 0 unspecified atom stereocenters. The lowest BCUT2D eigenvalue weighted by atomic mass is 9.88. The van der Waals surface area contributed by atoms with Crippen molar-refractivity contribution in [3.63, 3.8) is 0 Å². The molecule has 4 heterocycles. The van der Waals surface area contributed by atoms with Gasteiger partial charge in [-0.3, -0.25) is 4.98 Å². The Morgan fingerprint density at radius 2 is 1.22 bits per heavy atom. The van der Waals surface area contributed by atoms with Crippen LogP contribution in [0.3, 0.4) is 0 Å². The first-order valence-electron chi connectivity index (χ1n) is 12.5.